The summed E-state index contributed by atoms with van der Waals surface area (Å²) in [4.78, 5) is 9.93. The van der Waals surface area contributed by atoms with E-state index in [-0.39, 0.29) is 0 Å². The minimum Gasteiger partial charge on any atom is -0.228 e. The molecule has 0 saturated carbocycles. The predicted octanol–water partition coefficient (Wildman–Crippen LogP) is 9.46. The largest absolute Gasteiger partial charge is 0.228 e. The lowest BCUT2D eigenvalue weighted by Crippen LogP contribution is -1.96. The summed E-state index contributed by atoms with van der Waals surface area (Å²) in [5.41, 5.74) is 9.27. The maximum atomic E-state index is 6.42. The molecular weight excluding hydrogens is 472 g/mol. The van der Waals surface area contributed by atoms with Crippen molar-refractivity contribution in [3.63, 3.8) is 0 Å². The van der Waals surface area contributed by atoms with Crippen LogP contribution in [0.2, 0.25) is 5.02 Å². The van der Waals surface area contributed by atoms with Crippen LogP contribution in [0.1, 0.15) is 0 Å². The van der Waals surface area contributed by atoms with Gasteiger partial charge in [-0.15, -0.1) is 0 Å². The topological polar surface area (TPSA) is 25.8 Å². The van der Waals surface area contributed by atoms with E-state index in [1.165, 1.54) is 11.1 Å². The number of benzene rings is 5. The number of hydrogen-bond acceptors (Lipinski definition) is 2. The van der Waals surface area contributed by atoms with Gasteiger partial charge in [-0.05, 0) is 28.8 Å². The van der Waals surface area contributed by atoms with Gasteiger partial charge in [0.1, 0.15) is 0 Å². The fraction of sp³-hybridized carbons (Fsp3) is 0. The molecule has 176 valence electrons. The summed E-state index contributed by atoms with van der Waals surface area (Å²) in [6, 6.07) is 47.4. The first-order valence-corrected chi connectivity index (χ1v) is 12.6. The molecule has 0 radical (unpaired) electrons. The highest BCUT2D eigenvalue weighted by Gasteiger charge is 2.12. The van der Waals surface area contributed by atoms with Gasteiger partial charge in [-0.1, -0.05) is 139 Å². The lowest BCUT2D eigenvalue weighted by molar-refractivity contribution is 1.18. The number of nitrogens with zero attached hydrogens (tertiary/aromatic N) is 2. The lowest BCUT2D eigenvalue weighted by Gasteiger charge is -2.11. The van der Waals surface area contributed by atoms with Gasteiger partial charge in [0.15, 0.2) is 5.82 Å². The molecule has 2 nitrogen and oxygen atoms in total. The van der Waals surface area contributed by atoms with Crippen molar-refractivity contribution in [3.05, 3.63) is 145 Å². The molecule has 5 aromatic carbocycles. The summed E-state index contributed by atoms with van der Waals surface area (Å²) in [6.07, 6.45) is 0. The minimum absolute atomic E-state index is 0.700. The van der Waals surface area contributed by atoms with E-state index >= 15 is 0 Å². The smallest absolute Gasteiger partial charge is 0.160 e. The van der Waals surface area contributed by atoms with Gasteiger partial charge < -0.3 is 0 Å². The maximum Gasteiger partial charge on any atom is 0.160 e. The molecule has 3 heteroatoms. The molecule has 0 saturated heterocycles. The number of aromatic nitrogens is 2. The highest BCUT2D eigenvalue weighted by Crippen LogP contribution is 2.32. The van der Waals surface area contributed by atoms with Gasteiger partial charge >= 0.3 is 0 Å². The third kappa shape index (κ3) is 4.93. The highest BCUT2D eigenvalue weighted by molar-refractivity contribution is 6.33. The Hall–Kier alpha value is -4.53. The van der Waals surface area contributed by atoms with Gasteiger partial charge in [-0.2, -0.15) is 0 Å². The Morgan fingerprint density at radius 2 is 0.811 bits per heavy atom. The molecule has 0 aliphatic rings. The molecule has 0 amide bonds. The molecule has 6 aromatic rings. The van der Waals surface area contributed by atoms with Crippen LogP contribution in [0.5, 0.6) is 0 Å². The Balaban J connectivity index is 1.41. The van der Waals surface area contributed by atoms with Crippen molar-refractivity contribution < 1.29 is 0 Å². The molecular formula is C34H23ClN2. The van der Waals surface area contributed by atoms with Crippen LogP contribution < -0.4 is 0 Å². The van der Waals surface area contributed by atoms with E-state index in [0.29, 0.717) is 5.82 Å². The van der Waals surface area contributed by atoms with E-state index in [9.17, 15) is 0 Å². The van der Waals surface area contributed by atoms with Crippen LogP contribution in [0.25, 0.3) is 56.2 Å². The van der Waals surface area contributed by atoms with E-state index < -0.39 is 0 Å². The minimum atomic E-state index is 0.700. The zero-order chi connectivity index (χ0) is 25.0. The van der Waals surface area contributed by atoms with Crippen LogP contribution in [0.4, 0.5) is 0 Å². The third-order valence-electron chi connectivity index (χ3n) is 6.41. The fourth-order valence-corrected chi connectivity index (χ4v) is 4.68. The zero-order valence-electron chi connectivity index (χ0n) is 20.1. The molecule has 0 aliphatic carbocycles. The van der Waals surface area contributed by atoms with Crippen molar-refractivity contribution in [3.8, 4) is 56.2 Å². The molecule has 0 unspecified atom stereocenters. The molecule has 1 aromatic heterocycles. The van der Waals surface area contributed by atoms with E-state index in [4.69, 9.17) is 21.6 Å². The molecule has 6 rings (SSSR count). The van der Waals surface area contributed by atoms with Crippen molar-refractivity contribution in [2.75, 3.05) is 0 Å². The van der Waals surface area contributed by atoms with Crippen molar-refractivity contribution in [1.29, 1.82) is 0 Å². The number of rotatable bonds is 5. The van der Waals surface area contributed by atoms with Gasteiger partial charge in [0, 0.05) is 27.3 Å². The van der Waals surface area contributed by atoms with Gasteiger partial charge in [0.25, 0.3) is 0 Å². The number of hydrogen-bond donors (Lipinski definition) is 0. The van der Waals surface area contributed by atoms with Crippen molar-refractivity contribution >= 4 is 11.6 Å². The zero-order valence-corrected chi connectivity index (χ0v) is 20.8. The Kier molecular flexibility index (Phi) is 6.33. The molecule has 0 fully saturated rings. The van der Waals surface area contributed by atoms with E-state index in [0.717, 1.165) is 44.2 Å². The van der Waals surface area contributed by atoms with Gasteiger partial charge in [0.2, 0.25) is 0 Å². The molecule has 0 aliphatic heterocycles. The Bertz CT molecular complexity index is 1640. The van der Waals surface area contributed by atoms with Crippen LogP contribution in [-0.2, 0) is 0 Å². The van der Waals surface area contributed by atoms with Gasteiger partial charge in [-0.3, -0.25) is 0 Å². The Morgan fingerprint density at radius 3 is 1.43 bits per heavy atom. The van der Waals surface area contributed by atoms with Gasteiger partial charge in [0.05, 0.1) is 11.4 Å². The van der Waals surface area contributed by atoms with Crippen LogP contribution in [-0.4, -0.2) is 9.97 Å². The summed E-state index contributed by atoms with van der Waals surface area (Å²) >= 11 is 6.42. The molecule has 1 heterocycles. The van der Waals surface area contributed by atoms with Crippen molar-refractivity contribution in [2.24, 2.45) is 0 Å². The highest BCUT2D eigenvalue weighted by atomic mass is 35.5. The van der Waals surface area contributed by atoms with Crippen LogP contribution in [0.3, 0.4) is 0 Å². The molecule has 0 N–H and O–H groups in total. The van der Waals surface area contributed by atoms with Crippen LogP contribution in [0, 0.1) is 0 Å². The van der Waals surface area contributed by atoms with Gasteiger partial charge in [-0.25, -0.2) is 9.97 Å². The second-order valence-electron chi connectivity index (χ2n) is 8.83. The molecule has 37 heavy (non-hydrogen) atoms. The summed E-state index contributed by atoms with van der Waals surface area (Å²) < 4.78 is 0. The first-order chi connectivity index (χ1) is 18.2. The molecule has 0 bridgehead atoms. The predicted molar refractivity (Wildman–Crippen MR) is 154 cm³/mol. The quantitative estimate of drug-likeness (QED) is 0.238. The van der Waals surface area contributed by atoms with Crippen LogP contribution in [0.15, 0.2) is 140 Å². The summed E-state index contributed by atoms with van der Waals surface area (Å²) in [6.45, 7) is 0. The standard InChI is InChI=1S/C34H23ClN2/c35-31-14-8-7-13-30(31)26-17-19-28(20-18-26)33-23-32(27-11-5-2-6-12-27)36-34(37-33)29-21-15-25(16-22-29)24-9-3-1-4-10-24/h1-23H. The van der Waals surface area contributed by atoms with Crippen molar-refractivity contribution in [1.82, 2.24) is 9.97 Å². The monoisotopic (exact) mass is 494 g/mol. The average molecular weight is 495 g/mol. The fourth-order valence-electron chi connectivity index (χ4n) is 4.44. The first-order valence-electron chi connectivity index (χ1n) is 12.2. The summed E-state index contributed by atoms with van der Waals surface area (Å²) in [5, 5.41) is 0.741. The maximum absolute atomic E-state index is 6.42. The number of halogens is 1. The van der Waals surface area contributed by atoms with E-state index in [1.54, 1.807) is 0 Å². The second-order valence-corrected chi connectivity index (χ2v) is 9.24. The summed E-state index contributed by atoms with van der Waals surface area (Å²) in [5.74, 6) is 0.700. The molecule has 0 atom stereocenters. The normalized spacial score (nSPS) is 10.8. The SMILES string of the molecule is Clc1ccccc1-c1ccc(-c2cc(-c3ccccc3)nc(-c3ccc(-c4ccccc4)cc3)n2)cc1. The second kappa shape index (κ2) is 10.2. The van der Waals surface area contributed by atoms with Crippen LogP contribution >= 0.6 is 11.6 Å². The average Bonchev–Trinajstić information content (AvgIpc) is 2.98. The first kappa shape index (κ1) is 22.9. The third-order valence-corrected chi connectivity index (χ3v) is 6.74. The Morgan fingerprint density at radius 1 is 0.378 bits per heavy atom. The summed E-state index contributed by atoms with van der Waals surface area (Å²) in [7, 11) is 0. The molecule has 0 spiro atoms. The van der Waals surface area contributed by atoms with E-state index in [1.807, 2.05) is 48.5 Å². The lowest BCUT2D eigenvalue weighted by atomic mass is 10.0. The van der Waals surface area contributed by atoms with Crippen molar-refractivity contribution in [2.45, 2.75) is 0 Å². The van der Waals surface area contributed by atoms with E-state index in [2.05, 4.69) is 91.0 Å². The Labute approximate surface area is 221 Å².